The van der Waals surface area contributed by atoms with E-state index in [-0.39, 0.29) is 31.2 Å². The van der Waals surface area contributed by atoms with Crippen molar-refractivity contribution < 1.29 is 23.4 Å². The molecular weight excluding hydrogens is 489 g/mol. The zero-order chi connectivity index (χ0) is 27.1. The molecule has 0 saturated heterocycles. The van der Waals surface area contributed by atoms with Crippen molar-refractivity contribution in [2.75, 3.05) is 19.8 Å². The van der Waals surface area contributed by atoms with Gasteiger partial charge in [-0.3, -0.25) is 14.2 Å². The summed E-state index contributed by atoms with van der Waals surface area (Å²) in [5.74, 6) is 4.89. The number of hydrogen-bond acceptors (Lipinski definition) is 6. The quantitative estimate of drug-likeness (QED) is 0.362. The van der Waals surface area contributed by atoms with E-state index in [4.69, 9.17) is 14.2 Å². The summed E-state index contributed by atoms with van der Waals surface area (Å²) in [4.78, 5) is 31.4. The minimum atomic E-state index is -0.870. The maximum atomic E-state index is 13.9. The second kappa shape index (κ2) is 12.0. The summed E-state index contributed by atoms with van der Waals surface area (Å²) in [6, 6.07) is 13.5. The normalized spacial score (nSPS) is 13.7. The number of nitrogens with zero attached hydrogens (tertiary/aromatic N) is 2. The first kappa shape index (κ1) is 27.0. The molecule has 2 heterocycles. The Morgan fingerprint density at radius 3 is 2.79 bits per heavy atom. The molecule has 8 nitrogen and oxygen atoms in total. The Morgan fingerprint density at radius 2 is 2.03 bits per heavy atom. The van der Waals surface area contributed by atoms with Crippen LogP contribution in [0.2, 0.25) is 0 Å². The predicted octanol–water partition coefficient (Wildman–Crippen LogP) is 3.54. The van der Waals surface area contributed by atoms with Crippen LogP contribution in [-0.2, 0) is 34.8 Å². The summed E-state index contributed by atoms with van der Waals surface area (Å²) in [5, 5.41) is 2.78. The molecule has 0 unspecified atom stereocenters. The molecule has 0 fully saturated rings. The van der Waals surface area contributed by atoms with E-state index >= 15 is 0 Å². The standard InChI is InChI=1S/C29H30FN3O5/c1-4-36-15-8-11-21-17-23(30)13-12-22(21)18-31-26(34)24-25(37-19-20-9-6-5-7-10-20)27(35)33-14-16-38-29(2,3)28(33)32-24/h5-7,9-10,12-13,17H,4,14-16,18-19H2,1-3H3,(H,31,34). The maximum Gasteiger partial charge on any atom is 0.296 e. The van der Waals surface area contributed by atoms with Crippen LogP contribution >= 0.6 is 0 Å². The smallest absolute Gasteiger partial charge is 0.296 e. The Morgan fingerprint density at radius 1 is 1.24 bits per heavy atom. The Bertz CT molecular complexity index is 1420. The van der Waals surface area contributed by atoms with Gasteiger partial charge in [-0.1, -0.05) is 48.2 Å². The molecule has 2 aromatic carbocycles. The van der Waals surface area contributed by atoms with Gasteiger partial charge in [-0.2, -0.15) is 0 Å². The van der Waals surface area contributed by atoms with Crippen LogP contribution in [0.5, 0.6) is 5.75 Å². The average Bonchev–Trinajstić information content (AvgIpc) is 2.90. The van der Waals surface area contributed by atoms with Gasteiger partial charge in [-0.15, -0.1) is 0 Å². The lowest BCUT2D eigenvalue weighted by molar-refractivity contribution is -0.0567. The molecule has 198 valence electrons. The lowest BCUT2D eigenvalue weighted by Gasteiger charge is -2.32. The molecule has 1 aliphatic heterocycles. The van der Waals surface area contributed by atoms with Gasteiger partial charge < -0.3 is 19.5 Å². The van der Waals surface area contributed by atoms with Gasteiger partial charge >= 0.3 is 0 Å². The molecule has 1 amide bonds. The number of amides is 1. The Hall–Kier alpha value is -4.00. The summed E-state index contributed by atoms with van der Waals surface area (Å²) >= 11 is 0. The molecule has 0 spiro atoms. The van der Waals surface area contributed by atoms with Gasteiger partial charge in [0.05, 0.1) is 13.2 Å². The molecule has 0 saturated carbocycles. The summed E-state index contributed by atoms with van der Waals surface area (Å²) in [6.07, 6.45) is 0. The van der Waals surface area contributed by atoms with Crippen molar-refractivity contribution >= 4 is 5.91 Å². The maximum absolute atomic E-state index is 13.9. The van der Waals surface area contributed by atoms with E-state index < -0.39 is 22.9 Å². The van der Waals surface area contributed by atoms with E-state index in [1.54, 1.807) is 19.9 Å². The van der Waals surface area contributed by atoms with Gasteiger partial charge in [-0.05, 0) is 44.0 Å². The van der Waals surface area contributed by atoms with Crippen molar-refractivity contribution in [1.29, 1.82) is 0 Å². The summed E-state index contributed by atoms with van der Waals surface area (Å²) in [6.45, 7) is 6.94. The molecule has 9 heteroatoms. The first-order valence-corrected chi connectivity index (χ1v) is 12.4. The average molecular weight is 520 g/mol. The number of nitrogens with one attached hydrogen (secondary N) is 1. The lowest BCUT2D eigenvalue weighted by Crippen LogP contribution is -2.43. The fraction of sp³-hybridized carbons (Fsp3) is 0.345. The largest absolute Gasteiger partial charge is 0.481 e. The number of hydrogen-bond donors (Lipinski definition) is 1. The van der Waals surface area contributed by atoms with Crippen molar-refractivity contribution in [3.05, 3.63) is 92.9 Å². The summed E-state index contributed by atoms with van der Waals surface area (Å²) in [5.41, 5.74) is 0.419. The van der Waals surface area contributed by atoms with E-state index in [1.807, 2.05) is 37.3 Å². The Kier molecular flexibility index (Phi) is 8.56. The van der Waals surface area contributed by atoms with E-state index in [1.165, 1.54) is 16.7 Å². The molecule has 1 aromatic heterocycles. The highest BCUT2D eigenvalue weighted by atomic mass is 19.1. The highest BCUT2D eigenvalue weighted by Crippen LogP contribution is 2.28. The first-order chi connectivity index (χ1) is 18.3. The molecule has 1 aliphatic rings. The summed E-state index contributed by atoms with van der Waals surface area (Å²) in [7, 11) is 0. The number of aromatic nitrogens is 2. The first-order valence-electron chi connectivity index (χ1n) is 12.4. The fourth-order valence-electron chi connectivity index (χ4n) is 4.04. The van der Waals surface area contributed by atoms with Crippen molar-refractivity contribution in [3.63, 3.8) is 0 Å². The van der Waals surface area contributed by atoms with Crippen molar-refractivity contribution in [1.82, 2.24) is 14.9 Å². The van der Waals surface area contributed by atoms with E-state index in [2.05, 4.69) is 22.1 Å². The van der Waals surface area contributed by atoms with Crippen molar-refractivity contribution in [2.45, 2.75) is 46.1 Å². The third kappa shape index (κ3) is 6.28. The summed E-state index contributed by atoms with van der Waals surface area (Å²) < 4.78 is 32.3. The van der Waals surface area contributed by atoms with E-state index in [0.717, 1.165) is 5.56 Å². The van der Waals surface area contributed by atoms with Gasteiger partial charge in [0.1, 0.15) is 30.5 Å². The van der Waals surface area contributed by atoms with Gasteiger partial charge in [0.15, 0.2) is 5.69 Å². The van der Waals surface area contributed by atoms with Crippen molar-refractivity contribution in [2.24, 2.45) is 0 Å². The van der Waals surface area contributed by atoms with E-state index in [9.17, 15) is 14.0 Å². The molecule has 0 bridgehead atoms. The monoisotopic (exact) mass is 519 g/mol. The second-order valence-electron chi connectivity index (χ2n) is 9.13. The number of fused-ring (bicyclic) bond motifs is 1. The number of ether oxygens (including phenoxy) is 3. The number of carbonyl (C=O) groups excluding carboxylic acids is 1. The Balaban J connectivity index is 1.64. The molecule has 0 atom stereocenters. The number of rotatable bonds is 8. The molecular formula is C29H30FN3O5. The Labute approximate surface area is 220 Å². The molecule has 4 rings (SSSR count). The SMILES string of the molecule is CCOCC#Cc1cc(F)ccc1CNC(=O)c1nc2n(c(=O)c1OCc1ccccc1)CCOC2(C)C. The number of halogens is 1. The third-order valence-corrected chi connectivity index (χ3v) is 6.00. The molecule has 0 aliphatic carbocycles. The van der Waals surface area contributed by atoms with Crippen LogP contribution in [0.4, 0.5) is 4.39 Å². The van der Waals surface area contributed by atoms with Crippen LogP contribution < -0.4 is 15.6 Å². The van der Waals surface area contributed by atoms with Crippen LogP contribution in [0.3, 0.4) is 0 Å². The van der Waals surface area contributed by atoms with Gasteiger partial charge in [0.2, 0.25) is 5.75 Å². The topological polar surface area (TPSA) is 91.7 Å². The fourth-order valence-corrected chi connectivity index (χ4v) is 4.04. The number of benzene rings is 2. The van der Waals surface area contributed by atoms with Crippen LogP contribution in [-0.4, -0.2) is 35.3 Å². The molecule has 0 radical (unpaired) electrons. The minimum absolute atomic E-state index is 0.0376. The van der Waals surface area contributed by atoms with Crippen LogP contribution in [0.1, 0.15) is 53.8 Å². The molecule has 38 heavy (non-hydrogen) atoms. The highest BCUT2D eigenvalue weighted by molar-refractivity contribution is 5.94. The number of carbonyl (C=O) groups is 1. The van der Waals surface area contributed by atoms with E-state index in [0.29, 0.717) is 36.7 Å². The van der Waals surface area contributed by atoms with Crippen LogP contribution in [0.15, 0.2) is 53.3 Å². The third-order valence-electron chi connectivity index (χ3n) is 6.00. The van der Waals surface area contributed by atoms with Crippen molar-refractivity contribution in [3.8, 4) is 17.6 Å². The molecule has 1 N–H and O–H groups in total. The highest BCUT2D eigenvalue weighted by Gasteiger charge is 2.35. The molecule has 3 aromatic rings. The predicted molar refractivity (Wildman–Crippen MR) is 139 cm³/mol. The minimum Gasteiger partial charge on any atom is -0.481 e. The zero-order valence-corrected chi connectivity index (χ0v) is 21.7. The van der Waals surface area contributed by atoms with Gasteiger partial charge in [-0.25, -0.2) is 9.37 Å². The van der Waals surface area contributed by atoms with Crippen LogP contribution in [0, 0.1) is 17.7 Å². The zero-order valence-electron chi connectivity index (χ0n) is 21.7. The van der Waals surface area contributed by atoms with Gasteiger partial charge in [0, 0.05) is 18.7 Å². The van der Waals surface area contributed by atoms with Gasteiger partial charge in [0.25, 0.3) is 11.5 Å². The van der Waals surface area contributed by atoms with Crippen LogP contribution in [0.25, 0.3) is 0 Å². The second-order valence-corrected chi connectivity index (χ2v) is 9.13. The lowest BCUT2D eigenvalue weighted by atomic mass is 10.1.